The summed E-state index contributed by atoms with van der Waals surface area (Å²) in [5.74, 6) is 0. The van der Waals surface area contributed by atoms with Crippen molar-refractivity contribution in [3.8, 4) is 0 Å². The van der Waals surface area contributed by atoms with Crippen LogP contribution in [0.25, 0.3) is 0 Å². The molecule has 1 fully saturated rings. The summed E-state index contributed by atoms with van der Waals surface area (Å²) in [5.41, 5.74) is 7.43. The Hall–Kier alpha value is -0.650. The minimum Gasteiger partial charge on any atom is -0.376 e. The van der Waals surface area contributed by atoms with Crippen LogP contribution in [0.5, 0.6) is 0 Å². The molecule has 1 aromatic heterocycles. The maximum absolute atomic E-state index is 6.19. The van der Waals surface area contributed by atoms with Crippen LogP contribution < -0.4 is 10.6 Å². The Kier molecular flexibility index (Phi) is 4.05. The van der Waals surface area contributed by atoms with Crippen LogP contribution in [-0.2, 0) is 11.2 Å². The van der Waals surface area contributed by atoms with E-state index in [2.05, 4.69) is 11.8 Å². The molecule has 0 aromatic carbocycles. The van der Waals surface area contributed by atoms with Crippen LogP contribution in [-0.4, -0.2) is 30.8 Å². The van der Waals surface area contributed by atoms with Gasteiger partial charge in [0.15, 0.2) is 5.13 Å². The number of likely N-dealkylation sites (N-methyl/N-ethyl adjacent to an activating group) is 1. The molecule has 106 valence electrons. The minimum absolute atomic E-state index is 0.205. The number of hydrogen-bond donors (Lipinski definition) is 1. The predicted molar refractivity (Wildman–Crippen MR) is 78.8 cm³/mol. The van der Waals surface area contributed by atoms with E-state index < -0.39 is 0 Å². The first-order valence-corrected chi connectivity index (χ1v) is 8.21. The zero-order valence-corrected chi connectivity index (χ0v) is 12.4. The summed E-state index contributed by atoms with van der Waals surface area (Å²) in [5, 5.41) is 1.14. The number of aromatic nitrogens is 1. The Morgan fingerprint density at radius 3 is 3.00 bits per heavy atom. The Morgan fingerprint density at radius 2 is 2.32 bits per heavy atom. The van der Waals surface area contributed by atoms with Gasteiger partial charge in [-0.1, -0.05) is 11.3 Å². The number of hydrogen-bond acceptors (Lipinski definition) is 5. The van der Waals surface area contributed by atoms with Crippen molar-refractivity contribution in [3.05, 3.63) is 10.6 Å². The lowest BCUT2D eigenvalue weighted by Crippen LogP contribution is -2.31. The van der Waals surface area contributed by atoms with Gasteiger partial charge in [-0.15, -0.1) is 0 Å². The third-order valence-corrected chi connectivity index (χ3v) is 5.37. The molecule has 5 heteroatoms. The quantitative estimate of drug-likeness (QED) is 0.921. The van der Waals surface area contributed by atoms with Gasteiger partial charge in [-0.2, -0.15) is 0 Å². The van der Waals surface area contributed by atoms with E-state index in [1.165, 1.54) is 29.8 Å². The van der Waals surface area contributed by atoms with Gasteiger partial charge in [-0.25, -0.2) is 4.98 Å². The number of rotatable bonds is 4. The second kappa shape index (κ2) is 5.77. The number of anilines is 1. The summed E-state index contributed by atoms with van der Waals surface area (Å²) in [6.07, 6.45) is 6.14. The van der Waals surface area contributed by atoms with Gasteiger partial charge >= 0.3 is 0 Å². The average molecular weight is 281 g/mol. The molecule has 0 radical (unpaired) electrons. The summed E-state index contributed by atoms with van der Waals surface area (Å²) in [4.78, 5) is 8.49. The highest BCUT2D eigenvalue weighted by Gasteiger charge is 2.25. The standard InChI is InChI=1S/C14H23N3OS/c1-2-17(9-10-5-4-8-18-10)14-16-12-7-3-6-11(15)13(12)19-14/h10-11H,2-9,15H2,1H3. The van der Waals surface area contributed by atoms with Crippen molar-refractivity contribution in [1.82, 2.24) is 4.98 Å². The lowest BCUT2D eigenvalue weighted by molar-refractivity contribution is 0.115. The summed E-state index contributed by atoms with van der Waals surface area (Å²) < 4.78 is 5.74. The number of ether oxygens (including phenoxy) is 1. The SMILES string of the molecule is CCN(CC1CCCO1)c1nc2c(s1)C(N)CCC2. The smallest absolute Gasteiger partial charge is 0.185 e. The average Bonchev–Trinajstić information content (AvgIpc) is 3.05. The molecule has 2 heterocycles. The van der Waals surface area contributed by atoms with Crippen molar-refractivity contribution in [2.75, 3.05) is 24.6 Å². The van der Waals surface area contributed by atoms with E-state index in [4.69, 9.17) is 15.5 Å². The second-order valence-corrected chi connectivity index (χ2v) is 6.49. The number of thiazole rings is 1. The maximum Gasteiger partial charge on any atom is 0.185 e. The fourth-order valence-corrected chi connectivity index (χ4v) is 4.17. The number of nitrogens with zero attached hydrogens (tertiary/aromatic N) is 2. The topological polar surface area (TPSA) is 51.4 Å². The molecule has 2 N–H and O–H groups in total. The summed E-state index contributed by atoms with van der Waals surface area (Å²) in [7, 11) is 0. The highest BCUT2D eigenvalue weighted by Crippen LogP contribution is 2.36. The van der Waals surface area contributed by atoms with Gasteiger partial charge < -0.3 is 15.4 Å². The van der Waals surface area contributed by atoms with E-state index in [1.54, 1.807) is 11.3 Å². The van der Waals surface area contributed by atoms with Crippen LogP contribution in [0.2, 0.25) is 0 Å². The van der Waals surface area contributed by atoms with E-state index in [1.807, 2.05) is 0 Å². The van der Waals surface area contributed by atoms with E-state index in [0.29, 0.717) is 6.10 Å². The fraction of sp³-hybridized carbons (Fsp3) is 0.786. The molecule has 19 heavy (non-hydrogen) atoms. The zero-order valence-electron chi connectivity index (χ0n) is 11.6. The van der Waals surface area contributed by atoms with Crippen LogP contribution in [0.4, 0.5) is 5.13 Å². The molecular formula is C14H23N3OS. The summed E-state index contributed by atoms with van der Waals surface area (Å²) in [6, 6.07) is 0.205. The van der Waals surface area contributed by atoms with E-state index in [-0.39, 0.29) is 6.04 Å². The van der Waals surface area contributed by atoms with Gasteiger partial charge in [0.05, 0.1) is 11.8 Å². The Bertz CT molecular complexity index is 428. The van der Waals surface area contributed by atoms with Crippen LogP contribution in [0, 0.1) is 0 Å². The number of aryl methyl sites for hydroxylation is 1. The normalized spacial score (nSPS) is 26.4. The molecule has 2 unspecified atom stereocenters. The van der Waals surface area contributed by atoms with Gasteiger partial charge in [0.2, 0.25) is 0 Å². The molecule has 3 rings (SSSR count). The van der Waals surface area contributed by atoms with Crippen LogP contribution >= 0.6 is 11.3 Å². The maximum atomic E-state index is 6.19. The molecule has 2 atom stereocenters. The number of nitrogens with two attached hydrogens (primary N) is 1. The molecule has 1 aromatic rings. The minimum atomic E-state index is 0.205. The molecule has 0 spiro atoms. The largest absolute Gasteiger partial charge is 0.376 e. The molecule has 1 saturated heterocycles. The summed E-state index contributed by atoms with van der Waals surface area (Å²) >= 11 is 1.79. The Labute approximate surface area is 119 Å². The van der Waals surface area contributed by atoms with Crippen LogP contribution in [0.15, 0.2) is 0 Å². The van der Waals surface area contributed by atoms with Gasteiger partial charge in [-0.05, 0) is 39.0 Å². The second-order valence-electron chi connectivity index (χ2n) is 5.48. The van der Waals surface area contributed by atoms with E-state index in [0.717, 1.165) is 37.7 Å². The van der Waals surface area contributed by atoms with Crippen molar-refractivity contribution in [1.29, 1.82) is 0 Å². The van der Waals surface area contributed by atoms with E-state index in [9.17, 15) is 0 Å². The molecule has 2 aliphatic rings. The Morgan fingerprint density at radius 1 is 1.42 bits per heavy atom. The van der Waals surface area contributed by atoms with Crippen molar-refractivity contribution in [3.63, 3.8) is 0 Å². The molecule has 1 aliphatic carbocycles. The third-order valence-electron chi connectivity index (χ3n) is 4.08. The number of fused-ring (bicyclic) bond motifs is 1. The van der Waals surface area contributed by atoms with Crippen molar-refractivity contribution in [2.45, 2.75) is 51.2 Å². The fourth-order valence-electron chi connectivity index (χ4n) is 2.95. The lowest BCUT2D eigenvalue weighted by atomic mass is 9.99. The Balaban J connectivity index is 1.75. The van der Waals surface area contributed by atoms with Crippen LogP contribution in [0.1, 0.15) is 49.2 Å². The van der Waals surface area contributed by atoms with Crippen molar-refractivity contribution < 1.29 is 4.74 Å². The molecule has 1 aliphatic heterocycles. The van der Waals surface area contributed by atoms with Crippen molar-refractivity contribution >= 4 is 16.5 Å². The van der Waals surface area contributed by atoms with Crippen LogP contribution in [0.3, 0.4) is 0 Å². The predicted octanol–water partition coefficient (Wildman–Crippen LogP) is 2.48. The molecule has 0 bridgehead atoms. The first-order chi connectivity index (χ1) is 9.28. The third kappa shape index (κ3) is 2.78. The molecule has 4 nitrogen and oxygen atoms in total. The first kappa shape index (κ1) is 13.3. The zero-order chi connectivity index (χ0) is 13.2. The first-order valence-electron chi connectivity index (χ1n) is 7.39. The van der Waals surface area contributed by atoms with E-state index >= 15 is 0 Å². The molecule has 0 amide bonds. The summed E-state index contributed by atoms with van der Waals surface area (Å²) in [6.45, 7) is 5.07. The van der Waals surface area contributed by atoms with Gasteiger partial charge in [-0.3, -0.25) is 0 Å². The van der Waals surface area contributed by atoms with Gasteiger partial charge in [0.1, 0.15) is 0 Å². The monoisotopic (exact) mass is 281 g/mol. The van der Waals surface area contributed by atoms with Crippen molar-refractivity contribution in [2.24, 2.45) is 5.73 Å². The molecular weight excluding hydrogens is 258 g/mol. The van der Waals surface area contributed by atoms with Gasteiger partial charge in [0, 0.05) is 30.6 Å². The highest BCUT2D eigenvalue weighted by molar-refractivity contribution is 7.15. The molecule has 0 saturated carbocycles. The lowest BCUT2D eigenvalue weighted by Gasteiger charge is -2.23. The highest BCUT2D eigenvalue weighted by atomic mass is 32.1. The van der Waals surface area contributed by atoms with Gasteiger partial charge in [0.25, 0.3) is 0 Å².